The molecule has 0 aliphatic rings. The SMILES string of the molecule is Cc1cc(Oc2coc3cc(OCC(=O)OC(C)C)ccc3c2=O)cc(C)c1Cl. The van der Waals surface area contributed by atoms with Crippen molar-refractivity contribution in [2.75, 3.05) is 6.61 Å². The quantitative estimate of drug-likeness (QED) is 0.515. The van der Waals surface area contributed by atoms with Crippen molar-refractivity contribution in [1.29, 1.82) is 0 Å². The normalized spacial score (nSPS) is 11.0. The highest BCUT2D eigenvalue weighted by molar-refractivity contribution is 6.32. The van der Waals surface area contributed by atoms with E-state index in [1.165, 1.54) is 6.26 Å². The van der Waals surface area contributed by atoms with Crippen LogP contribution < -0.4 is 14.9 Å². The Morgan fingerprint density at radius 3 is 2.45 bits per heavy atom. The second-order valence-corrected chi connectivity index (χ2v) is 7.27. The molecule has 29 heavy (non-hydrogen) atoms. The summed E-state index contributed by atoms with van der Waals surface area (Å²) in [5, 5.41) is 0.995. The molecule has 0 N–H and O–H groups in total. The van der Waals surface area contributed by atoms with Gasteiger partial charge < -0.3 is 18.6 Å². The van der Waals surface area contributed by atoms with Gasteiger partial charge in [0.25, 0.3) is 0 Å². The van der Waals surface area contributed by atoms with E-state index in [0.29, 0.717) is 27.5 Å². The lowest BCUT2D eigenvalue weighted by Crippen LogP contribution is -2.18. The number of hydrogen-bond donors (Lipinski definition) is 0. The standard InChI is InChI=1S/C22H21ClO6/c1-12(2)28-20(24)11-26-15-5-6-17-18(9-15)27-10-19(22(17)25)29-16-7-13(3)21(23)14(4)8-16/h5-10,12H,11H2,1-4H3. The van der Waals surface area contributed by atoms with Gasteiger partial charge >= 0.3 is 5.97 Å². The minimum Gasteiger partial charge on any atom is -0.482 e. The largest absolute Gasteiger partial charge is 0.482 e. The zero-order chi connectivity index (χ0) is 21.1. The Morgan fingerprint density at radius 1 is 1.10 bits per heavy atom. The number of carbonyl (C=O) groups is 1. The molecule has 0 fully saturated rings. The molecule has 0 atom stereocenters. The number of benzene rings is 2. The van der Waals surface area contributed by atoms with Crippen LogP contribution in [0.5, 0.6) is 17.2 Å². The van der Waals surface area contributed by atoms with Crippen molar-refractivity contribution in [3.05, 3.63) is 63.0 Å². The highest BCUT2D eigenvalue weighted by atomic mass is 35.5. The Labute approximate surface area is 172 Å². The fraction of sp³-hybridized carbons (Fsp3) is 0.273. The van der Waals surface area contributed by atoms with E-state index in [0.717, 1.165) is 11.1 Å². The summed E-state index contributed by atoms with van der Waals surface area (Å²) in [4.78, 5) is 24.3. The van der Waals surface area contributed by atoms with Crippen LogP contribution in [0.25, 0.3) is 11.0 Å². The lowest BCUT2D eigenvalue weighted by atomic mass is 10.1. The van der Waals surface area contributed by atoms with Crippen molar-refractivity contribution >= 4 is 28.5 Å². The van der Waals surface area contributed by atoms with Crippen molar-refractivity contribution in [2.45, 2.75) is 33.8 Å². The van der Waals surface area contributed by atoms with Gasteiger partial charge in [-0.2, -0.15) is 0 Å². The average Bonchev–Trinajstić information content (AvgIpc) is 2.66. The molecule has 0 aliphatic carbocycles. The van der Waals surface area contributed by atoms with E-state index in [1.807, 2.05) is 13.8 Å². The molecule has 0 saturated carbocycles. The summed E-state index contributed by atoms with van der Waals surface area (Å²) in [7, 11) is 0. The van der Waals surface area contributed by atoms with Crippen molar-refractivity contribution in [3.8, 4) is 17.2 Å². The maximum absolute atomic E-state index is 12.7. The maximum Gasteiger partial charge on any atom is 0.344 e. The predicted molar refractivity (Wildman–Crippen MR) is 110 cm³/mol. The van der Waals surface area contributed by atoms with Gasteiger partial charge in [0.2, 0.25) is 11.2 Å². The van der Waals surface area contributed by atoms with Gasteiger partial charge in [-0.05, 0) is 63.1 Å². The molecule has 7 heteroatoms. The van der Waals surface area contributed by atoms with Crippen LogP contribution in [-0.4, -0.2) is 18.7 Å². The highest BCUT2D eigenvalue weighted by Gasteiger charge is 2.13. The van der Waals surface area contributed by atoms with Gasteiger partial charge in [0, 0.05) is 11.1 Å². The second kappa shape index (κ2) is 8.57. The smallest absolute Gasteiger partial charge is 0.344 e. The molecule has 0 unspecified atom stereocenters. The number of carbonyl (C=O) groups excluding carboxylic acids is 1. The van der Waals surface area contributed by atoms with Crippen molar-refractivity contribution in [2.24, 2.45) is 0 Å². The first-order valence-corrected chi connectivity index (χ1v) is 9.45. The molecule has 3 aromatic rings. The summed E-state index contributed by atoms with van der Waals surface area (Å²) in [6, 6.07) is 8.20. The predicted octanol–water partition coefficient (Wildman–Crippen LogP) is 5.19. The molecule has 1 heterocycles. The first kappa shape index (κ1) is 20.7. The van der Waals surface area contributed by atoms with E-state index in [9.17, 15) is 9.59 Å². The Morgan fingerprint density at radius 2 is 1.79 bits per heavy atom. The molecule has 152 valence electrons. The van der Waals surface area contributed by atoms with Gasteiger partial charge in [-0.15, -0.1) is 0 Å². The highest BCUT2D eigenvalue weighted by Crippen LogP contribution is 2.29. The maximum atomic E-state index is 12.7. The van der Waals surface area contributed by atoms with Crippen LogP contribution >= 0.6 is 11.6 Å². The number of fused-ring (bicyclic) bond motifs is 1. The zero-order valence-corrected chi connectivity index (χ0v) is 17.3. The number of hydrogen-bond acceptors (Lipinski definition) is 6. The van der Waals surface area contributed by atoms with E-state index in [2.05, 4.69) is 0 Å². The molecular formula is C22H21ClO6. The fourth-order valence-corrected chi connectivity index (χ4v) is 2.89. The number of esters is 1. The van der Waals surface area contributed by atoms with Crippen LogP contribution in [0.1, 0.15) is 25.0 Å². The van der Waals surface area contributed by atoms with Crippen LogP contribution in [0.2, 0.25) is 5.02 Å². The molecule has 0 saturated heterocycles. The topological polar surface area (TPSA) is 75.0 Å². The van der Waals surface area contributed by atoms with Gasteiger partial charge in [-0.3, -0.25) is 4.79 Å². The number of halogens is 1. The van der Waals surface area contributed by atoms with Gasteiger partial charge in [-0.25, -0.2) is 4.79 Å². The fourth-order valence-electron chi connectivity index (χ4n) is 2.78. The van der Waals surface area contributed by atoms with Gasteiger partial charge in [-0.1, -0.05) is 11.6 Å². The van der Waals surface area contributed by atoms with Gasteiger partial charge in [0.15, 0.2) is 6.61 Å². The summed E-state index contributed by atoms with van der Waals surface area (Å²) in [5.41, 5.74) is 1.71. The van der Waals surface area contributed by atoms with E-state index in [1.54, 1.807) is 44.2 Å². The average molecular weight is 417 g/mol. The van der Waals surface area contributed by atoms with Gasteiger partial charge in [0.05, 0.1) is 11.5 Å². The number of ether oxygens (including phenoxy) is 3. The summed E-state index contributed by atoms with van der Waals surface area (Å²) < 4.78 is 21.7. The molecule has 3 rings (SSSR count). The van der Waals surface area contributed by atoms with E-state index in [4.69, 9.17) is 30.2 Å². The monoisotopic (exact) mass is 416 g/mol. The van der Waals surface area contributed by atoms with Crippen LogP contribution in [0, 0.1) is 13.8 Å². The van der Waals surface area contributed by atoms with Crippen LogP contribution in [-0.2, 0) is 9.53 Å². The lowest BCUT2D eigenvalue weighted by Gasteiger charge is -2.10. The van der Waals surface area contributed by atoms with E-state index < -0.39 is 5.97 Å². The first-order valence-electron chi connectivity index (χ1n) is 9.07. The Balaban J connectivity index is 1.81. The zero-order valence-electron chi connectivity index (χ0n) is 16.6. The Hall–Kier alpha value is -2.99. The lowest BCUT2D eigenvalue weighted by molar-refractivity contribution is -0.149. The Bertz CT molecular complexity index is 1090. The summed E-state index contributed by atoms with van der Waals surface area (Å²) in [6.07, 6.45) is 1.04. The molecular weight excluding hydrogens is 396 g/mol. The molecule has 0 aliphatic heterocycles. The molecule has 1 aromatic heterocycles. The summed E-state index contributed by atoms with van der Waals surface area (Å²) in [5.74, 6) is 0.477. The number of rotatable bonds is 6. The van der Waals surface area contributed by atoms with Crippen molar-refractivity contribution in [1.82, 2.24) is 0 Å². The van der Waals surface area contributed by atoms with Crippen LogP contribution in [0.15, 0.2) is 45.8 Å². The van der Waals surface area contributed by atoms with Gasteiger partial charge in [0.1, 0.15) is 23.3 Å². The summed E-state index contributed by atoms with van der Waals surface area (Å²) >= 11 is 6.17. The van der Waals surface area contributed by atoms with E-state index >= 15 is 0 Å². The first-order chi connectivity index (χ1) is 13.7. The minimum absolute atomic E-state index is 0.0628. The third kappa shape index (κ3) is 4.90. The second-order valence-electron chi connectivity index (χ2n) is 6.89. The number of aryl methyl sites for hydroxylation is 2. The van der Waals surface area contributed by atoms with Crippen molar-refractivity contribution < 1.29 is 23.4 Å². The third-order valence-electron chi connectivity index (χ3n) is 4.08. The van der Waals surface area contributed by atoms with Crippen molar-refractivity contribution in [3.63, 3.8) is 0 Å². The molecule has 0 bridgehead atoms. The third-order valence-corrected chi connectivity index (χ3v) is 4.67. The van der Waals surface area contributed by atoms with Crippen LogP contribution in [0.4, 0.5) is 0 Å². The van der Waals surface area contributed by atoms with Crippen LogP contribution in [0.3, 0.4) is 0 Å². The molecule has 2 aromatic carbocycles. The summed E-state index contributed by atoms with van der Waals surface area (Å²) in [6.45, 7) is 7.02. The molecule has 0 amide bonds. The molecule has 6 nitrogen and oxygen atoms in total. The molecule has 0 spiro atoms. The van der Waals surface area contributed by atoms with E-state index in [-0.39, 0.29) is 23.9 Å². The Kier molecular flexibility index (Phi) is 6.13. The minimum atomic E-state index is -0.473. The molecule has 0 radical (unpaired) electrons.